The van der Waals surface area contributed by atoms with E-state index >= 15 is 0 Å². The number of halogens is 5. The van der Waals surface area contributed by atoms with E-state index in [1.807, 2.05) is 0 Å². The SMILES string of the molecule is Cc1c(F)c(F)c(CNc2ccc(O)c(Cl)c2)c(F)c1F. The van der Waals surface area contributed by atoms with Crippen molar-refractivity contribution in [3.05, 3.63) is 57.6 Å². The van der Waals surface area contributed by atoms with Gasteiger partial charge < -0.3 is 10.4 Å². The third kappa shape index (κ3) is 2.90. The number of hydrogen-bond donors (Lipinski definition) is 2. The van der Waals surface area contributed by atoms with Crippen LogP contribution in [0.15, 0.2) is 18.2 Å². The normalized spacial score (nSPS) is 10.8. The third-order valence-electron chi connectivity index (χ3n) is 2.99. The van der Waals surface area contributed by atoms with Gasteiger partial charge in [-0.15, -0.1) is 0 Å². The molecular formula is C14H10ClF4NO. The molecule has 2 aromatic rings. The predicted molar refractivity (Wildman–Crippen MR) is 71.5 cm³/mol. The second-order valence-electron chi connectivity index (χ2n) is 4.38. The minimum absolute atomic E-state index is 0.0298. The molecule has 0 spiro atoms. The van der Waals surface area contributed by atoms with Crippen LogP contribution in [0.1, 0.15) is 11.1 Å². The number of anilines is 1. The Morgan fingerprint density at radius 2 is 1.62 bits per heavy atom. The molecule has 0 aliphatic heterocycles. The Morgan fingerprint density at radius 1 is 1.05 bits per heavy atom. The number of nitrogens with one attached hydrogen (secondary N) is 1. The fourth-order valence-electron chi connectivity index (χ4n) is 1.75. The van der Waals surface area contributed by atoms with Gasteiger partial charge in [0.2, 0.25) is 0 Å². The first-order chi connectivity index (χ1) is 9.82. The highest BCUT2D eigenvalue weighted by molar-refractivity contribution is 6.32. The van der Waals surface area contributed by atoms with E-state index in [9.17, 15) is 22.7 Å². The second kappa shape index (κ2) is 5.81. The van der Waals surface area contributed by atoms with E-state index in [2.05, 4.69) is 5.32 Å². The minimum Gasteiger partial charge on any atom is -0.506 e. The molecule has 0 heterocycles. The maximum absolute atomic E-state index is 13.7. The molecule has 0 aliphatic carbocycles. The van der Waals surface area contributed by atoms with Crippen LogP contribution >= 0.6 is 11.6 Å². The van der Waals surface area contributed by atoms with Crippen LogP contribution in [0.4, 0.5) is 23.2 Å². The molecule has 0 fully saturated rings. The van der Waals surface area contributed by atoms with Crippen LogP contribution in [0, 0.1) is 30.2 Å². The first-order valence-electron chi connectivity index (χ1n) is 5.86. The molecule has 0 radical (unpaired) electrons. The largest absolute Gasteiger partial charge is 0.506 e. The van der Waals surface area contributed by atoms with Gasteiger partial charge in [0.15, 0.2) is 23.3 Å². The van der Waals surface area contributed by atoms with Gasteiger partial charge in [-0.1, -0.05) is 11.6 Å². The first kappa shape index (κ1) is 15.4. The lowest BCUT2D eigenvalue weighted by Crippen LogP contribution is -2.10. The zero-order valence-corrected chi connectivity index (χ0v) is 11.5. The van der Waals surface area contributed by atoms with Crippen LogP contribution in [0.25, 0.3) is 0 Å². The lowest BCUT2D eigenvalue weighted by Gasteiger charge is -2.12. The van der Waals surface area contributed by atoms with E-state index < -0.39 is 40.9 Å². The smallest absolute Gasteiger partial charge is 0.167 e. The summed E-state index contributed by atoms with van der Waals surface area (Å²) in [5, 5.41) is 11.8. The van der Waals surface area contributed by atoms with Gasteiger partial charge in [-0.3, -0.25) is 0 Å². The van der Waals surface area contributed by atoms with Crippen molar-refractivity contribution in [3.63, 3.8) is 0 Å². The maximum atomic E-state index is 13.7. The maximum Gasteiger partial charge on any atom is 0.167 e. The summed E-state index contributed by atoms with van der Waals surface area (Å²) in [5.41, 5.74) is -1.13. The highest BCUT2D eigenvalue weighted by atomic mass is 35.5. The van der Waals surface area contributed by atoms with E-state index in [0.717, 1.165) is 6.92 Å². The summed E-state index contributed by atoms with van der Waals surface area (Å²) < 4.78 is 54.1. The summed E-state index contributed by atoms with van der Waals surface area (Å²) in [7, 11) is 0. The van der Waals surface area contributed by atoms with Crippen molar-refractivity contribution in [2.24, 2.45) is 0 Å². The molecule has 0 aromatic heterocycles. The lowest BCUT2D eigenvalue weighted by atomic mass is 10.1. The molecule has 7 heteroatoms. The van der Waals surface area contributed by atoms with Crippen molar-refractivity contribution in [1.29, 1.82) is 0 Å². The van der Waals surface area contributed by atoms with E-state index in [1.165, 1.54) is 18.2 Å². The summed E-state index contributed by atoms with van der Waals surface area (Å²) in [5.74, 6) is -5.89. The van der Waals surface area contributed by atoms with Crippen molar-refractivity contribution in [1.82, 2.24) is 0 Å². The van der Waals surface area contributed by atoms with Crippen molar-refractivity contribution in [2.45, 2.75) is 13.5 Å². The highest BCUT2D eigenvalue weighted by Gasteiger charge is 2.22. The molecule has 0 unspecified atom stereocenters. The number of rotatable bonds is 3. The van der Waals surface area contributed by atoms with Crippen LogP contribution in [-0.4, -0.2) is 5.11 Å². The number of phenolic OH excluding ortho intramolecular Hbond substituents is 1. The molecule has 0 amide bonds. The molecule has 0 atom stereocenters. The van der Waals surface area contributed by atoms with Gasteiger partial charge in [-0.05, 0) is 25.1 Å². The van der Waals surface area contributed by atoms with Crippen LogP contribution in [0.3, 0.4) is 0 Å². The lowest BCUT2D eigenvalue weighted by molar-refractivity contribution is 0.433. The molecule has 0 bridgehead atoms. The monoisotopic (exact) mass is 319 g/mol. The molecule has 2 aromatic carbocycles. The Balaban J connectivity index is 2.30. The summed E-state index contributed by atoms with van der Waals surface area (Å²) in [6.07, 6.45) is 0. The van der Waals surface area contributed by atoms with Gasteiger partial charge in [0.05, 0.1) is 5.02 Å². The van der Waals surface area contributed by atoms with Gasteiger partial charge in [-0.2, -0.15) is 0 Å². The Hall–Kier alpha value is -1.95. The van der Waals surface area contributed by atoms with Crippen LogP contribution < -0.4 is 5.32 Å². The third-order valence-corrected chi connectivity index (χ3v) is 3.29. The highest BCUT2D eigenvalue weighted by Crippen LogP contribution is 2.28. The van der Waals surface area contributed by atoms with Crippen LogP contribution in [0.2, 0.25) is 5.02 Å². The Bertz CT molecular complexity index is 677. The molecule has 112 valence electrons. The van der Waals surface area contributed by atoms with Crippen molar-refractivity contribution in [3.8, 4) is 5.75 Å². The van der Waals surface area contributed by atoms with E-state index in [0.29, 0.717) is 5.69 Å². The topological polar surface area (TPSA) is 32.3 Å². The summed E-state index contributed by atoms with van der Waals surface area (Å²) in [4.78, 5) is 0. The van der Waals surface area contributed by atoms with Crippen molar-refractivity contribution >= 4 is 17.3 Å². The minimum atomic E-state index is -1.44. The number of benzene rings is 2. The fraction of sp³-hybridized carbons (Fsp3) is 0.143. The van der Waals surface area contributed by atoms with Crippen LogP contribution in [-0.2, 0) is 6.54 Å². The molecular weight excluding hydrogens is 310 g/mol. The molecule has 21 heavy (non-hydrogen) atoms. The van der Waals surface area contributed by atoms with Crippen molar-refractivity contribution < 1.29 is 22.7 Å². The summed E-state index contributed by atoms with van der Waals surface area (Å²) in [6.45, 7) is 0.473. The number of hydrogen-bond acceptors (Lipinski definition) is 2. The van der Waals surface area contributed by atoms with Gasteiger partial charge in [0.1, 0.15) is 5.75 Å². The zero-order chi connectivity index (χ0) is 15.7. The zero-order valence-electron chi connectivity index (χ0n) is 10.8. The first-order valence-corrected chi connectivity index (χ1v) is 6.24. The van der Waals surface area contributed by atoms with Crippen LogP contribution in [0.5, 0.6) is 5.75 Å². The standard InChI is InChI=1S/C14H10ClF4NO/c1-6-11(16)13(18)8(14(19)12(6)17)5-20-7-2-3-10(21)9(15)4-7/h2-4,20-21H,5H2,1H3. The molecule has 0 saturated carbocycles. The second-order valence-corrected chi connectivity index (χ2v) is 4.79. The van der Waals surface area contributed by atoms with Crippen molar-refractivity contribution in [2.75, 3.05) is 5.32 Å². The summed E-state index contributed by atoms with van der Waals surface area (Å²) >= 11 is 5.67. The van der Waals surface area contributed by atoms with E-state index in [1.54, 1.807) is 0 Å². The quantitative estimate of drug-likeness (QED) is 0.495. The van der Waals surface area contributed by atoms with E-state index in [-0.39, 0.29) is 10.8 Å². The van der Waals surface area contributed by atoms with Gasteiger partial charge in [-0.25, -0.2) is 17.6 Å². The molecule has 0 aliphatic rings. The average molecular weight is 320 g/mol. The Kier molecular flexibility index (Phi) is 4.27. The number of aromatic hydroxyl groups is 1. The molecule has 0 saturated heterocycles. The predicted octanol–water partition coefficient (Wildman–Crippen LogP) is 4.52. The fourth-order valence-corrected chi connectivity index (χ4v) is 1.93. The number of phenols is 1. The Labute approximate surface area is 123 Å². The molecule has 2 nitrogen and oxygen atoms in total. The van der Waals surface area contributed by atoms with E-state index in [4.69, 9.17) is 11.6 Å². The molecule has 2 N–H and O–H groups in total. The van der Waals surface area contributed by atoms with Gasteiger partial charge in [0, 0.05) is 23.4 Å². The Morgan fingerprint density at radius 3 is 2.14 bits per heavy atom. The van der Waals surface area contributed by atoms with Gasteiger partial charge >= 0.3 is 0 Å². The average Bonchev–Trinajstić information content (AvgIpc) is 2.46. The molecule has 2 rings (SSSR count). The van der Waals surface area contributed by atoms with Gasteiger partial charge in [0.25, 0.3) is 0 Å². The summed E-state index contributed by atoms with van der Waals surface area (Å²) in [6, 6.07) is 3.99.